The Morgan fingerprint density at radius 3 is 2.87 bits per heavy atom. The van der Waals surface area contributed by atoms with Crippen molar-refractivity contribution in [2.45, 2.75) is 17.9 Å². The molecule has 0 aliphatic carbocycles. The molecular formula is C16H16N2O4S. The molecule has 2 N–H and O–H groups in total. The maximum absolute atomic E-state index is 11.6. The molecule has 23 heavy (non-hydrogen) atoms. The number of ether oxygens (including phenoxy) is 2. The van der Waals surface area contributed by atoms with Crippen molar-refractivity contribution < 1.29 is 17.9 Å². The quantitative estimate of drug-likeness (QED) is 0.924. The van der Waals surface area contributed by atoms with Crippen molar-refractivity contribution in [3.05, 3.63) is 47.5 Å². The van der Waals surface area contributed by atoms with E-state index >= 15 is 0 Å². The molecule has 0 saturated heterocycles. The molecule has 0 saturated carbocycles. The molecule has 6 nitrogen and oxygen atoms in total. The number of nitrogens with two attached hydrogens (primary N) is 1. The lowest BCUT2D eigenvalue weighted by Gasteiger charge is -2.20. The Labute approximate surface area is 134 Å². The highest BCUT2D eigenvalue weighted by Gasteiger charge is 2.24. The highest BCUT2D eigenvalue weighted by atomic mass is 32.2. The van der Waals surface area contributed by atoms with Crippen LogP contribution in [0.3, 0.4) is 0 Å². The maximum atomic E-state index is 11.6. The number of hydrogen-bond acceptors (Lipinski definition) is 5. The average molecular weight is 332 g/mol. The van der Waals surface area contributed by atoms with Crippen molar-refractivity contribution >= 4 is 15.7 Å². The topological polar surface area (TPSA) is 81.9 Å². The predicted octanol–water partition coefficient (Wildman–Crippen LogP) is 1.63. The highest BCUT2D eigenvalue weighted by molar-refractivity contribution is 7.89. The van der Waals surface area contributed by atoms with E-state index < -0.39 is 10.0 Å². The smallest absolute Gasteiger partial charge is 0.238 e. The van der Waals surface area contributed by atoms with Crippen LogP contribution >= 0.6 is 0 Å². The molecule has 4 rings (SSSR count). The average Bonchev–Trinajstić information content (AvgIpc) is 3.13. The van der Waals surface area contributed by atoms with Gasteiger partial charge in [-0.05, 0) is 30.2 Å². The second kappa shape index (κ2) is 5.14. The molecule has 120 valence electrons. The molecule has 0 unspecified atom stereocenters. The third kappa shape index (κ3) is 2.51. The molecule has 0 amide bonds. The first-order chi connectivity index (χ1) is 11.0. The zero-order chi connectivity index (χ0) is 16.0. The van der Waals surface area contributed by atoms with Crippen LogP contribution in [0.4, 0.5) is 5.69 Å². The molecule has 0 aromatic heterocycles. The van der Waals surface area contributed by atoms with Crippen LogP contribution in [0.25, 0.3) is 0 Å². The minimum absolute atomic E-state index is 0.140. The van der Waals surface area contributed by atoms with Gasteiger partial charge in [-0.2, -0.15) is 0 Å². The fourth-order valence-electron chi connectivity index (χ4n) is 3.09. The number of sulfonamides is 1. The summed E-state index contributed by atoms with van der Waals surface area (Å²) in [5, 5.41) is 5.24. The summed E-state index contributed by atoms with van der Waals surface area (Å²) in [7, 11) is -3.70. The van der Waals surface area contributed by atoms with Gasteiger partial charge in [-0.15, -0.1) is 0 Å². The van der Waals surface area contributed by atoms with E-state index in [4.69, 9.17) is 14.6 Å². The molecule has 0 radical (unpaired) electrons. The highest BCUT2D eigenvalue weighted by Crippen LogP contribution is 2.38. The predicted molar refractivity (Wildman–Crippen MR) is 85.1 cm³/mol. The Hall–Kier alpha value is -2.25. The molecule has 7 heteroatoms. The second-order valence-corrected chi connectivity index (χ2v) is 7.22. The van der Waals surface area contributed by atoms with Crippen LogP contribution in [0.1, 0.15) is 11.1 Å². The lowest BCUT2D eigenvalue weighted by atomic mass is 10.1. The summed E-state index contributed by atoms with van der Waals surface area (Å²) < 4.78 is 34.1. The first kappa shape index (κ1) is 14.3. The number of fused-ring (bicyclic) bond motifs is 2. The summed E-state index contributed by atoms with van der Waals surface area (Å²) in [5.74, 6) is 1.52. The van der Waals surface area contributed by atoms with Gasteiger partial charge >= 0.3 is 0 Å². The molecule has 0 atom stereocenters. The van der Waals surface area contributed by atoms with Crippen molar-refractivity contribution in [3.8, 4) is 11.5 Å². The van der Waals surface area contributed by atoms with Gasteiger partial charge in [0.05, 0.1) is 4.90 Å². The fourth-order valence-corrected chi connectivity index (χ4v) is 3.62. The van der Waals surface area contributed by atoms with Crippen molar-refractivity contribution in [2.75, 3.05) is 18.2 Å². The number of anilines is 1. The summed E-state index contributed by atoms with van der Waals surface area (Å²) >= 11 is 0. The Morgan fingerprint density at radius 1 is 1.17 bits per heavy atom. The van der Waals surface area contributed by atoms with Crippen LogP contribution in [0.2, 0.25) is 0 Å². The second-order valence-electron chi connectivity index (χ2n) is 5.66. The van der Waals surface area contributed by atoms with E-state index in [0.717, 1.165) is 41.3 Å². The summed E-state index contributed by atoms with van der Waals surface area (Å²) in [6.45, 7) is 1.69. The molecule has 2 aromatic rings. The van der Waals surface area contributed by atoms with Gasteiger partial charge in [0.2, 0.25) is 16.8 Å². The minimum Gasteiger partial charge on any atom is -0.454 e. The van der Waals surface area contributed by atoms with Crippen LogP contribution < -0.4 is 19.5 Å². The van der Waals surface area contributed by atoms with Crippen LogP contribution in [0.15, 0.2) is 41.3 Å². The third-order valence-electron chi connectivity index (χ3n) is 4.22. The number of benzene rings is 2. The van der Waals surface area contributed by atoms with Crippen molar-refractivity contribution in [2.24, 2.45) is 5.14 Å². The zero-order valence-electron chi connectivity index (χ0n) is 12.4. The van der Waals surface area contributed by atoms with Gasteiger partial charge in [0.25, 0.3) is 0 Å². The molecule has 0 bridgehead atoms. The summed E-state index contributed by atoms with van der Waals surface area (Å²) in [4.78, 5) is 2.28. The Bertz CT molecular complexity index is 880. The van der Waals surface area contributed by atoms with Crippen molar-refractivity contribution in [1.29, 1.82) is 0 Å². The monoisotopic (exact) mass is 332 g/mol. The van der Waals surface area contributed by atoms with Gasteiger partial charge in [-0.3, -0.25) is 0 Å². The van der Waals surface area contributed by atoms with Gasteiger partial charge in [-0.1, -0.05) is 18.2 Å². The molecular weight excluding hydrogens is 316 g/mol. The largest absolute Gasteiger partial charge is 0.454 e. The minimum atomic E-state index is -3.70. The van der Waals surface area contributed by atoms with Gasteiger partial charge in [0.1, 0.15) is 0 Å². The standard InChI is InChI=1S/C16H16N2O4S/c17-23(19,20)13-5-4-11-6-7-18(14(11)8-13)9-12-2-1-3-15-16(12)22-10-21-15/h1-5,8H,6-7,9-10H2,(H2,17,19,20). The molecule has 2 aliphatic heterocycles. The Balaban J connectivity index is 1.68. The number of nitrogens with zero attached hydrogens (tertiary/aromatic N) is 1. The summed E-state index contributed by atoms with van der Waals surface area (Å²) in [6, 6.07) is 10.9. The lowest BCUT2D eigenvalue weighted by Crippen LogP contribution is -2.20. The maximum Gasteiger partial charge on any atom is 0.238 e. The van der Waals surface area contributed by atoms with E-state index in [1.807, 2.05) is 24.3 Å². The van der Waals surface area contributed by atoms with Crippen LogP contribution in [0.5, 0.6) is 11.5 Å². The molecule has 0 spiro atoms. The Kier molecular flexibility index (Phi) is 3.21. The van der Waals surface area contributed by atoms with E-state index in [1.165, 1.54) is 0 Å². The fraction of sp³-hybridized carbons (Fsp3) is 0.250. The number of para-hydroxylation sites is 1. The number of hydrogen-bond donors (Lipinski definition) is 1. The lowest BCUT2D eigenvalue weighted by molar-refractivity contribution is 0.173. The molecule has 0 fully saturated rings. The SMILES string of the molecule is NS(=O)(=O)c1ccc2c(c1)N(Cc1cccc3c1OCO3)CC2. The first-order valence-electron chi connectivity index (χ1n) is 7.30. The molecule has 2 heterocycles. The van der Waals surface area contributed by atoms with Crippen molar-refractivity contribution in [3.63, 3.8) is 0 Å². The van der Waals surface area contributed by atoms with Gasteiger partial charge < -0.3 is 14.4 Å². The van der Waals surface area contributed by atoms with Crippen LogP contribution in [-0.4, -0.2) is 21.8 Å². The van der Waals surface area contributed by atoms with Crippen molar-refractivity contribution in [1.82, 2.24) is 0 Å². The van der Waals surface area contributed by atoms with Gasteiger partial charge in [0, 0.05) is 24.3 Å². The van der Waals surface area contributed by atoms with Crippen LogP contribution in [-0.2, 0) is 23.0 Å². The summed E-state index contributed by atoms with van der Waals surface area (Å²) in [5.41, 5.74) is 3.06. The van der Waals surface area contributed by atoms with E-state index in [0.29, 0.717) is 6.54 Å². The third-order valence-corrected chi connectivity index (χ3v) is 5.13. The van der Waals surface area contributed by atoms with Gasteiger partial charge in [0.15, 0.2) is 11.5 Å². The van der Waals surface area contributed by atoms with Gasteiger partial charge in [-0.25, -0.2) is 13.6 Å². The molecule has 2 aromatic carbocycles. The normalized spacial score (nSPS) is 15.8. The van der Waals surface area contributed by atoms with Crippen LogP contribution in [0, 0.1) is 0 Å². The van der Waals surface area contributed by atoms with E-state index in [1.54, 1.807) is 12.1 Å². The number of rotatable bonds is 3. The molecule has 2 aliphatic rings. The summed E-state index contributed by atoms with van der Waals surface area (Å²) in [6.07, 6.45) is 0.882. The zero-order valence-corrected chi connectivity index (χ0v) is 13.2. The van der Waals surface area contributed by atoms with E-state index in [9.17, 15) is 8.42 Å². The van der Waals surface area contributed by atoms with E-state index in [-0.39, 0.29) is 11.7 Å². The first-order valence-corrected chi connectivity index (χ1v) is 8.85. The number of primary sulfonamides is 1. The van der Waals surface area contributed by atoms with E-state index in [2.05, 4.69) is 4.90 Å². The Morgan fingerprint density at radius 2 is 2.04 bits per heavy atom.